The zero-order valence-electron chi connectivity index (χ0n) is 10.7. The lowest BCUT2D eigenvalue weighted by molar-refractivity contribution is -0.391. The van der Waals surface area contributed by atoms with Crippen LogP contribution in [0.4, 0.5) is 5.82 Å². The van der Waals surface area contributed by atoms with E-state index < -0.39 is 10.3 Å². The summed E-state index contributed by atoms with van der Waals surface area (Å²) in [7, 11) is 1.60. The van der Waals surface area contributed by atoms with Crippen molar-refractivity contribution in [3.63, 3.8) is 0 Å². The molecule has 1 unspecified atom stereocenters. The average molecular weight is 255 g/mol. The number of rotatable bonds is 3. The summed E-state index contributed by atoms with van der Waals surface area (Å²) in [6.07, 6.45) is 0. The Labute approximate surface area is 110 Å². The number of nitriles is 1. The number of aromatic nitrogens is 1. The topological polar surface area (TPSA) is 71.9 Å². The van der Waals surface area contributed by atoms with E-state index in [0.717, 1.165) is 5.56 Å². The second-order valence-corrected chi connectivity index (χ2v) is 4.50. The smallest absolute Gasteiger partial charge is 0.323 e. The van der Waals surface area contributed by atoms with Gasteiger partial charge in [0.15, 0.2) is 0 Å². The van der Waals surface area contributed by atoms with Gasteiger partial charge < -0.3 is 10.1 Å². The maximum absolute atomic E-state index is 10.9. The first-order valence-corrected chi connectivity index (χ1v) is 5.78. The average Bonchev–Trinajstić information content (AvgIpc) is 2.81. The fourth-order valence-electron chi connectivity index (χ4n) is 2.23. The van der Waals surface area contributed by atoms with Crippen molar-refractivity contribution in [3.05, 3.63) is 63.8 Å². The van der Waals surface area contributed by atoms with Crippen LogP contribution in [0.1, 0.15) is 18.2 Å². The highest BCUT2D eigenvalue weighted by Gasteiger charge is 2.35. The minimum Gasteiger partial charge on any atom is -0.358 e. The molecule has 0 fully saturated rings. The van der Waals surface area contributed by atoms with Crippen molar-refractivity contribution in [2.75, 3.05) is 0 Å². The number of hydrogen-bond acceptors (Lipinski definition) is 3. The predicted molar refractivity (Wildman–Crippen MR) is 70.6 cm³/mol. The van der Waals surface area contributed by atoms with Gasteiger partial charge in [0, 0.05) is 6.07 Å². The van der Waals surface area contributed by atoms with Gasteiger partial charge in [-0.15, -0.1) is 0 Å². The molecule has 0 amide bonds. The van der Waals surface area contributed by atoms with E-state index in [1.807, 2.05) is 30.3 Å². The molecule has 0 saturated carbocycles. The molecule has 0 bridgehead atoms. The molecule has 0 N–H and O–H groups in total. The second-order valence-electron chi connectivity index (χ2n) is 4.50. The van der Waals surface area contributed by atoms with Crippen LogP contribution < -0.4 is 0 Å². The first-order chi connectivity index (χ1) is 9.00. The molecular formula is C14H13N3O2. The molecule has 0 saturated heterocycles. The lowest BCUT2D eigenvalue weighted by Gasteiger charge is -2.20. The Bertz CT molecular complexity index is 655. The van der Waals surface area contributed by atoms with E-state index >= 15 is 0 Å². The Hall–Kier alpha value is -2.61. The predicted octanol–water partition coefficient (Wildman–Crippen LogP) is 2.76. The van der Waals surface area contributed by atoms with Crippen LogP contribution in [0.5, 0.6) is 0 Å². The molecule has 96 valence electrons. The van der Waals surface area contributed by atoms with Gasteiger partial charge in [-0.3, -0.25) is 0 Å². The molecule has 19 heavy (non-hydrogen) atoms. The van der Waals surface area contributed by atoms with Crippen molar-refractivity contribution >= 4 is 5.82 Å². The zero-order chi connectivity index (χ0) is 14.0. The lowest BCUT2D eigenvalue weighted by atomic mass is 9.81. The molecule has 2 rings (SSSR count). The number of nitro groups is 1. The summed E-state index contributed by atoms with van der Waals surface area (Å²) < 4.78 is 1.45. The SMILES string of the molecule is Cn1c([N+](=O)[O-])ccc1C(C)(C#N)c1ccccc1. The minimum absolute atomic E-state index is 0.0209. The molecular weight excluding hydrogens is 242 g/mol. The summed E-state index contributed by atoms with van der Waals surface area (Å²) in [4.78, 5) is 10.4. The number of nitrogens with zero attached hydrogens (tertiary/aromatic N) is 3. The van der Waals surface area contributed by atoms with E-state index in [4.69, 9.17) is 0 Å². The molecule has 0 aliphatic heterocycles. The Kier molecular flexibility index (Phi) is 3.09. The lowest BCUT2D eigenvalue weighted by Crippen LogP contribution is -2.24. The summed E-state index contributed by atoms with van der Waals surface area (Å²) in [5.74, 6) is -0.0209. The van der Waals surface area contributed by atoms with Gasteiger partial charge >= 0.3 is 5.82 Å². The van der Waals surface area contributed by atoms with Crippen LogP contribution in [0.15, 0.2) is 42.5 Å². The quantitative estimate of drug-likeness (QED) is 0.625. The third-order valence-corrected chi connectivity index (χ3v) is 3.37. The summed E-state index contributed by atoms with van der Waals surface area (Å²) in [6, 6.07) is 14.6. The van der Waals surface area contributed by atoms with E-state index in [0.29, 0.717) is 5.69 Å². The zero-order valence-corrected chi connectivity index (χ0v) is 10.7. The van der Waals surface area contributed by atoms with Crippen LogP contribution in [-0.4, -0.2) is 9.49 Å². The van der Waals surface area contributed by atoms with Gasteiger partial charge in [0.05, 0.1) is 13.1 Å². The molecule has 0 radical (unpaired) electrons. The van der Waals surface area contributed by atoms with E-state index in [1.165, 1.54) is 10.6 Å². The highest BCUT2D eigenvalue weighted by Crippen LogP contribution is 2.33. The second kappa shape index (κ2) is 4.58. The third-order valence-electron chi connectivity index (χ3n) is 3.37. The van der Waals surface area contributed by atoms with Crippen LogP contribution in [0.25, 0.3) is 0 Å². The standard InChI is InChI=1S/C14H13N3O2/c1-14(10-15,11-6-4-3-5-7-11)12-8-9-13(16(12)2)17(18)19/h3-9H,1-2H3. The molecule has 5 heteroatoms. The van der Waals surface area contributed by atoms with Crippen molar-refractivity contribution in [2.45, 2.75) is 12.3 Å². The minimum atomic E-state index is -0.912. The van der Waals surface area contributed by atoms with Gasteiger partial charge in [0.1, 0.15) is 11.1 Å². The Morgan fingerprint density at radius 2 is 1.89 bits per heavy atom. The maximum Gasteiger partial charge on any atom is 0.323 e. The van der Waals surface area contributed by atoms with Gasteiger partial charge in [-0.2, -0.15) is 5.26 Å². The number of hydrogen-bond donors (Lipinski definition) is 0. The van der Waals surface area contributed by atoms with Crippen LogP contribution in [0.2, 0.25) is 0 Å². The van der Waals surface area contributed by atoms with E-state index in [9.17, 15) is 15.4 Å². The monoisotopic (exact) mass is 255 g/mol. The largest absolute Gasteiger partial charge is 0.358 e. The summed E-state index contributed by atoms with van der Waals surface area (Å²) in [5, 5.41) is 20.4. The molecule has 0 aliphatic carbocycles. The molecule has 0 aliphatic rings. The molecule has 1 heterocycles. The normalized spacial score (nSPS) is 13.5. The third kappa shape index (κ3) is 1.97. The fourth-order valence-corrected chi connectivity index (χ4v) is 2.23. The van der Waals surface area contributed by atoms with E-state index in [-0.39, 0.29) is 5.82 Å². The Balaban J connectivity index is 2.61. The first-order valence-electron chi connectivity index (χ1n) is 5.78. The highest BCUT2D eigenvalue weighted by atomic mass is 16.6. The van der Waals surface area contributed by atoms with Crippen LogP contribution in [0.3, 0.4) is 0 Å². The fraction of sp³-hybridized carbons (Fsp3) is 0.214. The Morgan fingerprint density at radius 3 is 2.37 bits per heavy atom. The van der Waals surface area contributed by atoms with Crippen LogP contribution >= 0.6 is 0 Å². The summed E-state index contributed by atoms with van der Waals surface area (Å²) >= 11 is 0. The van der Waals surface area contributed by atoms with E-state index in [2.05, 4.69) is 6.07 Å². The van der Waals surface area contributed by atoms with Crippen LogP contribution in [0, 0.1) is 21.4 Å². The van der Waals surface area contributed by atoms with Gasteiger partial charge in [0.2, 0.25) is 0 Å². The Morgan fingerprint density at radius 1 is 1.26 bits per heavy atom. The first kappa shape index (κ1) is 12.8. The van der Waals surface area contributed by atoms with Crippen molar-refractivity contribution in [1.82, 2.24) is 4.57 Å². The maximum atomic E-state index is 10.9. The van der Waals surface area contributed by atoms with Gasteiger partial charge in [-0.1, -0.05) is 30.3 Å². The van der Waals surface area contributed by atoms with Gasteiger partial charge in [0.25, 0.3) is 0 Å². The van der Waals surface area contributed by atoms with Crippen molar-refractivity contribution in [1.29, 1.82) is 5.26 Å². The molecule has 5 nitrogen and oxygen atoms in total. The van der Waals surface area contributed by atoms with Crippen molar-refractivity contribution in [2.24, 2.45) is 7.05 Å². The highest BCUT2D eigenvalue weighted by molar-refractivity contribution is 5.45. The van der Waals surface area contributed by atoms with Crippen molar-refractivity contribution in [3.8, 4) is 6.07 Å². The molecule has 1 aromatic carbocycles. The molecule has 1 atom stereocenters. The number of benzene rings is 1. The summed E-state index contributed by atoms with van der Waals surface area (Å²) in [5.41, 5.74) is 0.506. The van der Waals surface area contributed by atoms with Gasteiger partial charge in [-0.25, -0.2) is 4.57 Å². The van der Waals surface area contributed by atoms with Crippen molar-refractivity contribution < 1.29 is 4.92 Å². The van der Waals surface area contributed by atoms with Gasteiger partial charge in [-0.05, 0) is 23.5 Å². The summed E-state index contributed by atoms with van der Waals surface area (Å²) in [6.45, 7) is 1.77. The molecule has 0 spiro atoms. The van der Waals surface area contributed by atoms with Crippen LogP contribution in [-0.2, 0) is 12.5 Å². The molecule has 2 aromatic rings. The molecule has 1 aromatic heterocycles. The van der Waals surface area contributed by atoms with E-state index in [1.54, 1.807) is 20.0 Å².